The van der Waals surface area contributed by atoms with Crippen LogP contribution >= 0.6 is 11.3 Å². The molecule has 3 aromatic heterocycles. The minimum Gasteiger partial charge on any atom is -0.309 e. The second kappa shape index (κ2) is 12.1. The molecular weight excluding hydrogens is 655 g/mol. The van der Waals surface area contributed by atoms with Crippen molar-refractivity contribution in [2.45, 2.75) is 0 Å². The number of benzene rings is 7. The smallest absolute Gasteiger partial charge is 0.164 e. The number of aromatic nitrogens is 4. The van der Waals surface area contributed by atoms with Crippen molar-refractivity contribution in [1.29, 1.82) is 5.26 Å². The van der Waals surface area contributed by atoms with Gasteiger partial charge in [-0.25, -0.2) is 15.0 Å². The van der Waals surface area contributed by atoms with E-state index in [1.807, 2.05) is 96.3 Å². The van der Waals surface area contributed by atoms with Crippen LogP contribution in [0.2, 0.25) is 0 Å². The van der Waals surface area contributed by atoms with E-state index in [0.29, 0.717) is 23.0 Å². The summed E-state index contributed by atoms with van der Waals surface area (Å²) >= 11 is 1.85. The molecule has 3 heterocycles. The molecule has 0 amide bonds. The highest BCUT2D eigenvalue weighted by Crippen LogP contribution is 2.44. The number of hydrogen-bond acceptors (Lipinski definition) is 5. The lowest BCUT2D eigenvalue weighted by Crippen LogP contribution is -2.01. The van der Waals surface area contributed by atoms with Crippen LogP contribution in [0.5, 0.6) is 0 Å². The fourth-order valence-corrected chi connectivity index (χ4v) is 8.48. The summed E-state index contributed by atoms with van der Waals surface area (Å²) in [5.41, 5.74) is 8.55. The van der Waals surface area contributed by atoms with Crippen LogP contribution in [0.15, 0.2) is 164 Å². The van der Waals surface area contributed by atoms with Crippen LogP contribution in [0.25, 0.3) is 93.0 Å². The summed E-state index contributed by atoms with van der Waals surface area (Å²) in [6.07, 6.45) is 0. The van der Waals surface area contributed by atoms with Crippen LogP contribution in [-0.4, -0.2) is 19.5 Å². The molecule has 0 aliphatic rings. The molecule has 5 nitrogen and oxygen atoms in total. The third kappa shape index (κ3) is 4.95. The van der Waals surface area contributed by atoms with Crippen molar-refractivity contribution in [3.05, 3.63) is 169 Å². The Hall–Kier alpha value is -6.94. The second-order valence-corrected chi connectivity index (χ2v) is 13.8. The fourth-order valence-electron chi connectivity index (χ4n) is 7.22. The first kappa shape index (κ1) is 29.9. The van der Waals surface area contributed by atoms with E-state index in [9.17, 15) is 5.26 Å². The van der Waals surface area contributed by atoms with E-state index in [0.717, 1.165) is 44.5 Å². The van der Waals surface area contributed by atoms with Gasteiger partial charge in [-0.15, -0.1) is 11.3 Å². The molecule has 242 valence electrons. The normalized spacial score (nSPS) is 11.4. The molecular formula is C46H27N5S. The molecule has 0 spiro atoms. The highest BCUT2D eigenvalue weighted by atomic mass is 32.1. The number of nitriles is 1. The van der Waals surface area contributed by atoms with Crippen molar-refractivity contribution >= 4 is 53.3 Å². The monoisotopic (exact) mass is 681 g/mol. The third-order valence-corrected chi connectivity index (χ3v) is 10.9. The van der Waals surface area contributed by atoms with Crippen LogP contribution in [-0.2, 0) is 0 Å². The largest absolute Gasteiger partial charge is 0.309 e. The van der Waals surface area contributed by atoms with Gasteiger partial charge in [0.15, 0.2) is 17.5 Å². The topological polar surface area (TPSA) is 67.4 Å². The number of thiophene rings is 1. The number of nitrogens with zero attached hydrogens (tertiary/aromatic N) is 5. The lowest BCUT2D eigenvalue weighted by Gasteiger charge is -2.14. The molecule has 52 heavy (non-hydrogen) atoms. The maximum Gasteiger partial charge on any atom is 0.164 e. The maximum absolute atomic E-state index is 9.55. The van der Waals surface area contributed by atoms with Gasteiger partial charge in [0.25, 0.3) is 0 Å². The average molecular weight is 682 g/mol. The summed E-state index contributed by atoms with van der Waals surface area (Å²) in [5.74, 6) is 1.80. The first-order chi connectivity index (χ1) is 25.7. The third-order valence-electron chi connectivity index (χ3n) is 9.66. The summed E-state index contributed by atoms with van der Waals surface area (Å²) in [5, 5.41) is 14.6. The Morgan fingerprint density at radius 1 is 0.462 bits per heavy atom. The molecule has 0 fully saturated rings. The van der Waals surface area contributed by atoms with Gasteiger partial charge in [-0.2, -0.15) is 5.26 Å². The van der Waals surface area contributed by atoms with Gasteiger partial charge in [0, 0.05) is 53.3 Å². The van der Waals surface area contributed by atoms with E-state index >= 15 is 0 Å². The molecule has 0 aliphatic carbocycles. The van der Waals surface area contributed by atoms with Crippen molar-refractivity contribution in [3.63, 3.8) is 0 Å². The van der Waals surface area contributed by atoms with Gasteiger partial charge >= 0.3 is 0 Å². The van der Waals surface area contributed by atoms with Gasteiger partial charge in [-0.3, -0.25) is 0 Å². The predicted molar refractivity (Wildman–Crippen MR) is 214 cm³/mol. The average Bonchev–Trinajstić information content (AvgIpc) is 3.77. The van der Waals surface area contributed by atoms with E-state index in [1.54, 1.807) is 0 Å². The minimum atomic E-state index is 0.581. The molecule has 6 heteroatoms. The van der Waals surface area contributed by atoms with Gasteiger partial charge in [-0.1, -0.05) is 115 Å². The zero-order chi connectivity index (χ0) is 34.6. The SMILES string of the molecule is N#Cc1ccc(-c2cc(-c3nc(-c4ccccc4)nc(-c4ccccc4)n3)cc(-n3c4ccccc4c4c5sc6ccccc6c5ccc43)c2)cc1. The molecule has 0 radical (unpaired) electrons. The quantitative estimate of drug-likeness (QED) is 0.181. The zero-order valence-corrected chi connectivity index (χ0v) is 28.5. The molecule has 0 bridgehead atoms. The Labute approximate surface area is 303 Å². The Balaban J connectivity index is 1.27. The van der Waals surface area contributed by atoms with Crippen molar-refractivity contribution in [2.24, 2.45) is 0 Å². The Bertz CT molecular complexity index is 2950. The molecule has 0 saturated heterocycles. The molecule has 0 N–H and O–H groups in total. The highest BCUT2D eigenvalue weighted by Gasteiger charge is 2.20. The molecule has 10 aromatic rings. The van der Waals surface area contributed by atoms with E-state index in [-0.39, 0.29) is 0 Å². The van der Waals surface area contributed by atoms with Crippen LogP contribution < -0.4 is 0 Å². The van der Waals surface area contributed by atoms with Crippen molar-refractivity contribution in [1.82, 2.24) is 19.5 Å². The van der Waals surface area contributed by atoms with Gasteiger partial charge in [0.2, 0.25) is 0 Å². The standard InChI is InChI=1S/C46H27N5S/c47-28-29-19-21-30(22-20-29)33-25-34(46-49-44(31-11-3-1-4-12-31)48-45(50-46)32-13-5-2-6-14-32)27-35(26-33)51-39-17-9-7-16-38(39)42-40(51)24-23-37-36-15-8-10-18-41(36)52-43(37)42/h1-27H. The Morgan fingerprint density at radius 3 is 1.75 bits per heavy atom. The van der Waals surface area contributed by atoms with Crippen LogP contribution in [0.1, 0.15) is 5.56 Å². The van der Waals surface area contributed by atoms with Gasteiger partial charge in [0.1, 0.15) is 0 Å². The first-order valence-corrected chi connectivity index (χ1v) is 17.9. The first-order valence-electron chi connectivity index (χ1n) is 17.1. The van der Waals surface area contributed by atoms with Crippen molar-refractivity contribution in [3.8, 4) is 57.0 Å². The summed E-state index contributed by atoms with van der Waals surface area (Å²) in [4.78, 5) is 15.1. The number of rotatable bonds is 5. The van der Waals surface area contributed by atoms with Crippen LogP contribution in [0.4, 0.5) is 0 Å². The lowest BCUT2D eigenvalue weighted by atomic mass is 10.00. The molecule has 7 aromatic carbocycles. The summed E-state index contributed by atoms with van der Waals surface area (Å²) < 4.78 is 4.93. The summed E-state index contributed by atoms with van der Waals surface area (Å²) in [6.45, 7) is 0. The fraction of sp³-hybridized carbons (Fsp3) is 0. The van der Waals surface area contributed by atoms with Gasteiger partial charge < -0.3 is 4.57 Å². The molecule has 0 saturated carbocycles. The van der Waals surface area contributed by atoms with Crippen LogP contribution in [0.3, 0.4) is 0 Å². The molecule has 10 rings (SSSR count). The van der Waals surface area contributed by atoms with E-state index < -0.39 is 0 Å². The lowest BCUT2D eigenvalue weighted by molar-refractivity contribution is 1.07. The second-order valence-electron chi connectivity index (χ2n) is 12.8. The van der Waals surface area contributed by atoms with Crippen LogP contribution in [0, 0.1) is 11.3 Å². The van der Waals surface area contributed by atoms with Crippen molar-refractivity contribution in [2.75, 3.05) is 0 Å². The number of para-hydroxylation sites is 1. The molecule has 0 unspecified atom stereocenters. The summed E-state index contributed by atoms with van der Waals surface area (Å²) in [6, 6.07) is 58.5. The number of fused-ring (bicyclic) bond motifs is 7. The van der Waals surface area contributed by atoms with Gasteiger partial charge in [-0.05, 0) is 59.7 Å². The zero-order valence-electron chi connectivity index (χ0n) is 27.7. The maximum atomic E-state index is 9.55. The van der Waals surface area contributed by atoms with E-state index in [4.69, 9.17) is 15.0 Å². The van der Waals surface area contributed by atoms with Gasteiger partial charge in [0.05, 0.1) is 22.7 Å². The predicted octanol–water partition coefficient (Wildman–Crippen LogP) is 11.9. The Kier molecular flexibility index (Phi) is 6.98. The minimum absolute atomic E-state index is 0.581. The molecule has 0 aliphatic heterocycles. The Morgan fingerprint density at radius 2 is 1.06 bits per heavy atom. The van der Waals surface area contributed by atoms with Crippen molar-refractivity contribution < 1.29 is 0 Å². The van der Waals surface area contributed by atoms with E-state index in [1.165, 1.54) is 30.9 Å². The molecule has 0 atom stereocenters. The highest BCUT2D eigenvalue weighted by molar-refractivity contribution is 7.26. The summed E-state index contributed by atoms with van der Waals surface area (Å²) in [7, 11) is 0. The number of hydrogen-bond donors (Lipinski definition) is 0. The van der Waals surface area contributed by atoms with E-state index in [2.05, 4.69) is 89.5 Å².